The van der Waals surface area contributed by atoms with E-state index < -0.39 is 0 Å². The number of carbonyl (C=O) groups is 1. The molecule has 1 aromatic rings. The first kappa shape index (κ1) is 11.2. The molecule has 0 atom stereocenters. The molecule has 0 aliphatic heterocycles. The van der Waals surface area contributed by atoms with E-state index in [1.165, 1.54) is 39.2 Å². The lowest BCUT2D eigenvalue weighted by molar-refractivity contribution is 0.0587. The van der Waals surface area contributed by atoms with Crippen molar-refractivity contribution in [3.05, 3.63) is 17.2 Å². The van der Waals surface area contributed by atoms with Gasteiger partial charge in [-0.3, -0.25) is 0 Å². The van der Waals surface area contributed by atoms with Crippen LogP contribution in [0.15, 0.2) is 0 Å². The zero-order chi connectivity index (χ0) is 11.5. The number of aryl methyl sites for hydroxylation is 1. The fourth-order valence-corrected chi connectivity index (χ4v) is 2.44. The number of hydrogen-bond donors (Lipinski definition) is 1. The Labute approximate surface area is 95.4 Å². The van der Waals surface area contributed by atoms with Gasteiger partial charge >= 0.3 is 5.97 Å². The predicted octanol–water partition coefficient (Wildman–Crippen LogP) is 2.55. The van der Waals surface area contributed by atoms with E-state index in [-0.39, 0.29) is 5.97 Å². The summed E-state index contributed by atoms with van der Waals surface area (Å²) in [6.45, 7) is 1.98. The van der Waals surface area contributed by atoms with E-state index in [9.17, 15) is 4.79 Å². The smallest absolute Gasteiger partial charge is 0.374 e. The lowest BCUT2D eigenvalue weighted by atomic mass is 9.86. The van der Waals surface area contributed by atoms with Crippen LogP contribution in [0.2, 0.25) is 0 Å². The van der Waals surface area contributed by atoms with Gasteiger partial charge in [0, 0.05) is 11.6 Å². The second-order valence-electron chi connectivity index (χ2n) is 4.42. The van der Waals surface area contributed by atoms with Gasteiger partial charge in [-0.25, -0.2) is 9.78 Å². The molecule has 1 aliphatic carbocycles. The minimum atomic E-state index is -0.384. The number of carbonyl (C=O) groups excluding carboxylic acids is 1. The molecule has 1 aromatic heterocycles. The van der Waals surface area contributed by atoms with Crippen molar-refractivity contribution in [2.24, 2.45) is 0 Å². The van der Waals surface area contributed by atoms with Gasteiger partial charge in [0.15, 0.2) is 0 Å². The lowest BCUT2D eigenvalue weighted by Gasteiger charge is -2.20. The Morgan fingerprint density at radius 1 is 1.38 bits per heavy atom. The Kier molecular flexibility index (Phi) is 3.27. The van der Waals surface area contributed by atoms with E-state index in [1.54, 1.807) is 0 Å². The van der Waals surface area contributed by atoms with E-state index in [2.05, 4.69) is 14.7 Å². The van der Waals surface area contributed by atoms with Gasteiger partial charge in [-0.05, 0) is 19.8 Å². The van der Waals surface area contributed by atoms with Crippen LogP contribution in [0.1, 0.15) is 60.0 Å². The normalized spacial score (nSPS) is 17.4. The summed E-state index contributed by atoms with van der Waals surface area (Å²) in [5, 5.41) is 0. The molecule has 2 rings (SSSR count). The zero-order valence-electron chi connectivity index (χ0n) is 9.88. The molecule has 0 radical (unpaired) electrons. The predicted molar refractivity (Wildman–Crippen MR) is 60.5 cm³/mol. The molecular formula is C12H18N2O2. The number of H-pyrrole nitrogens is 1. The van der Waals surface area contributed by atoms with Crippen molar-refractivity contribution in [3.63, 3.8) is 0 Å². The fraction of sp³-hybridized carbons (Fsp3) is 0.667. The van der Waals surface area contributed by atoms with Crippen LogP contribution < -0.4 is 0 Å². The largest absolute Gasteiger partial charge is 0.463 e. The second-order valence-corrected chi connectivity index (χ2v) is 4.42. The van der Waals surface area contributed by atoms with Crippen LogP contribution in [-0.4, -0.2) is 23.0 Å². The third-order valence-corrected chi connectivity index (χ3v) is 3.29. The molecule has 0 bridgehead atoms. The van der Waals surface area contributed by atoms with Crippen LogP contribution >= 0.6 is 0 Å². The summed E-state index contributed by atoms with van der Waals surface area (Å²) in [4.78, 5) is 18.7. The highest BCUT2D eigenvalue weighted by Gasteiger charge is 2.22. The molecule has 0 amide bonds. The van der Waals surface area contributed by atoms with Crippen molar-refractivity contribution in [1.82, 2.24) is 9.97 Å². The van der Waals surface area contributed by atoms with E-state index in [0.29, 0.717) is 11.7 Å². The number of aromatic amines is 1. The average molecular weight is 222 g/mol. The van der Waals surface area contributed by atoms with Crippen LogP contribution in [-0.2, 0) is 4.74 Å². The lowest BCUT2D eigenvalue weighted by Crippen LogP contribution is -2.07. The number of hydrogen-bond acceptors (Lipinski definition) is 3. The van der Waals surface area contributed by atoms with Gasteiger partial charge in [0.1, 0.15) is 0 Å². The third-order valence-electron chi connectivity index (χ3n) is 3.29. The van der Waals surface area contributed by atoms with Gasteiger partial charge in [0.05, 0.1) is 12.8 Å². The summed E-state index contributed by atoms with van der Waals surface area (Å²) in [6, 6.07) is 0. The molecule has 1 saturated carbocycles. The highest BCUT2D eigenvalue weighted by atomic mass is 16.5. The van der Waals surface area contributed by atoms with E-state index in [4.69, 9.17) is 0 Å². The minimum absolute atomic E-state index is 0.334. The SMILES string of the molecule is COC(=O)c1nc(C2CCCCC2)c(C)[nH]1. The number of imidazole rings is 1. The Balaban J connectivity index is 2.20. The molecule has 1 fully saturated rings. The van der Waals surface area contributed by atoms with Crippen LogP contribution in [0.4, 0.5) is 0 Å². The quantitative estimate of drug-likeness (QED) is 0.782. The summed E-state index contributed by atoms with van der Waals surface area (Å²) in [5.74, 6) is 0.467. The first-order valence-corrected chi connectivity index (χ1v) is 5.87. The molecule has 0 aromatic carbocycles. The summed E-state index contributed by atoms with van der Waals surface area (Å²) < 4.78 is 4.66. The molecule has 0 saturated heterocycles. The van der Waals surface area contributed by atoms with Gasteiger partial charge in [-0.1, -0.05) is 19.3 Å². The highest BCUT2D eigenvalue weighted by molar-refractivity contribution is 5.85. The van der Waals surface area contributed by atoms with Gasteiger partial charge in [0.25, 0.3) is 0 Å². The molecule has 4 nitrogen and oxygen atoms in total. The van der Waals surface area contributed by atoms with E-state index in [0.717, 1.165) is 11.4 Å². The maximum atomic E-state index is 11.3. The first-order chi connectivity index (χ1) is 7.72. The topological polar surface area (TPSA) is 55.0 Å². The van der Waals surface area contributed by atoms with Gasteiger partial charge in [-0.2, -0.15) is 0 Å². The van der Waals surface area contributed by atoms with Gasteiger partial charge in [-0.15, -0.1) is 0 Å². The Morgan fingerprint density at radius 2 is 2.06 bits per heavy atom. The maximum absolute atomic E-state index is 11.3. The molecule has 1 N–H and O–H groups in total. The number of rotatable bonds is 2. The van der Waals surface area contributed by atoms with E-state index in [1.807, 2.05) is 6.92 Å². The number of nitrogens with zero attached hydrogens (tertiary/aromatic N) is 1. The third kappa shape index (κ3) is 2.10. The summed E-state index contributed by atoms with van der Waals surface area (Å²) in [7, 11) is 1.38. The maximum Gasteiger partial charge on any atom is 0.374 e. The number of nitrogens with one attached hydrogen (secondary N) is 1. The molecule has 0 unspecified atom stereocenters. The van der Waals surface area contributed by atoms with Gasteiger partial charge < -0.3 is 9.72 Å². The number of methoxy groups -OCH3 is 1. The summed E-state index contributed by atoms with van der Waals surface area (Å²) in [6.07, 6.45) is 6.23. The first-order valence-electron chi connectivity index (χ1n) is 5.87. The summed E-state index contributed by atoms with van der Waals surface area (Å²) >= 11 is 0. The van der Waals surface area contributed by atoms with Crippen LogP contribution in [0.5, 0.6) is 0 Å². The van der Waals surface area contributed by atoms with Crippen molar-refractivity contribution in [1.29, 1.82) is 0 Å². The molecule has 4 heteroatoms. The molecular weight excluding hydrogens is 204 g/mol. The van der Waals surface area contributed by atoms with Crippen LogP contribution in [0.25, 0.3) is 0 Å². The number of aromatic nitrogens is 2. The molecule has 16 heavy (non-hydrogen) atoms. The monoisotopic (exact) mass is 222 g/mol. The standard InChI is InChI=1S/C12H18N2O2/c1-8-10(9-6-4-3-5-7-9)14-11(13-8)12(15)16-2/h9H,3-7H2,1-2H3,(H,13,14). The Morgan fingerprint density at radius 3 is 2.69 bits per heavy atom. The molecule has 1 heterocycles. The number of esters is 1. The molecule has 88 valence electrons. The minimum Gasteiger partial charge on any atom is -0.463 e. The van der Waals surface area contributed by atoms with Crippen molar-refractivity contribution >= 4 is 5.97 Å². The average Bonchev–Trinajstić information content (AvgIpc) is 2.71. The fourth-order valence-electron chi connectivity index (χ4n) is 2.44. The van der Waals surface area contributed by atoms with Crippen molar-refractivity contribution in [3.8, 4) is 0 Å². The van der Waals surface area contributed by atoms with Crippen molar-refractivity contribution in [2.45, 2.75) is 44.9 Å². The van der Waals surface area contributed by atoms with Crippen LogP contribution in [0.3, 0.4) is 0 Å². The Hall–Kier alpha value is -1.32. The Bertz CT molecular complexity index is 378. The van der Waals surface area contributed by atoms with Crippen molar-refractivity contribution in [2.75, 3.05) is 7.11 Å². The second kappa shape index (κ2) is 4.68. The van der Waals surface area contributed by atoms with Crippen molar-refractivity contribution < 1.29 is 9.53 Å². The summed E-state index contributed by atoms with van der Waals surface area (Å²) in [5.41, 5.74) is 2.06. The van der Waals surface area contributed by atoms with Gasteiger partial charge in [0.2, 0.25) is 5.82 Å². The highest BCUT2D eigenvalue weighted by Crippen LogP contribution is 2.33. The van der Waals surface area contributed by atoms with E-state index >= 15 is 0 Å². The molecule has 1 aliphatic rings. The van der Waals surface area contributed by atoms with Crippen LogP contribution in [0, 0.1) is 6.92 Å². The number of ether oxygens (including phenoxy) is 1. The molecule has 0 spiro atoms. The zero-order valence-corrected chi connectivity index (χ0v) is 9.88.